The van der Waals surface area contributed by atoms with Crippen LogP contribution in [0, 0.1) is 0 Å². The lowest BCUT2D eigenvalue weighted by Gasteiger charge is -2.32. The number of rotatable bonds is 1. The molecule has 0 aliphatic carbocycles. The molecule has 110 valence electrons. The van der Waals surface area contributed by atoms with Gasteiger partial charge >= 0.3 is 12.1 Å². The molecule has 2 rings (SSSR count). The minimum Gasteiger partial charge on any atom is -0.322 e. The van der Waals surface area contributed by atoms with E-state index < -0.39 is 6.03 Å². The van der Waals surface area contributed by atoms with E-state index in [9.17, 15) is 9.59 Å². The summed E-state index contributed by atoms with van der Waals surface area (Å²) >= 11 is 0. The number of carbonyl (C=O) groups excluding carboxylic acids is 2. The fourth-order valence-electron chi connectivity index (χ4n) is 1.87. The number of para-hydroxylation sites is 1. The summed E-state index contributed by atoms with van der Waals surface area (Å²) in [5, 5.41) is 4.94. The highest BCUT2D eigenvalue weighted by atomic mass is 127. The molecule has 7 heteroatoms. The van der Waals surface area contributed by atoms with Crippen LogP contribution in [0.2, 0.25) is 0 Å². The number of hydrogen-bond donors (Lipinski definition) is 2. The smallest absolute Gasteiger partial charge is 0.322 e. The zero-order chi connectivity index (χ0) is 13.7. The van der Waals surface area contributed by atoms with E-state index in [0.717, 1.165) is 13.1 Å². The second kappa shape index (κ2) is 8.05. The Morgan fingerprint density at radius 3 is 2.25 bits per heavy atom. The third-order valence-electron chi connectivity index (χ3n) is 3.04. The number of amides is 4. The SMILES string of the molecule is CN1CCN(C(=O)NC(=O)Nc2ccccc2)CC1.I. The average Bonchev–Trinajstić information content (AvgIpc) is 2.40. The molecule has 1 aromatic rings. The highest BCUT2D eigenvalue weighted by molar-refractivity contribution is 14.0. The topological polar surface area (TPSA) is 64.7 Å². The predicted molar refractivity (Wildman–Crippen MR) is 88.5 cm³/mol. The number of benzene rings is 1. The van der Waals surface area contributed by atoms with Crippen LogP contribution in [0.15, 0.2) is 30.3 Å². The Hall–Kier alpha value is -1.35. The van der Waals surface area contributed by atoms with Crippen molar-refractivity contribution in [1.82, 2.24) is 15.1 Å². The number of carbonyl (C=O) groups is 2. The highest BCUT2D eigenvalue weighted by Gasteiger charge is 2.20. The maximum Gasteiger partial charge on any atom is 0.327 e. The molecule has 0 unspecified atom stereocenters. The lowest BCUT2D eigenvalue weighted by molar-refractivity contribution is 0.155. The van der Waals surface area contributed by atoms with Crippen molar-refractivity contribution in [3.05, 3.63) is 30.3 Å². The average molecular weight is 390 g/mol. The standard InChI is InChI=1S/C13H18N4O2.HI/c1-16-7-9-17(10-8-16)13(19)15-12(18)14-11-5-3-2-4-6-11;/h2-6H,7-10H2,1H3,(H2,14,15,18,19);1H. The van der Waals surface area contributed by atoms with Crippen LogP contribution < -0.4 is 10.6 Å². The molecule has 1 aromatic carbocycles. The minimum atomic E-state index is -0.505. The van der Waals surface area contributed by atoms with E-state index in [4.69, 9.17) is 0 Å². The fourth-order valence-corrected chi connectivity index (χ4v) is 1.87. The van der Waals surface area contributed by atoms with E-state index in [-0.39, 0.29) is 30.0 Å². The van der Waals surface area contributed by atoms with Crippen molar-refractivity contribution in [3.8, 4) is 0 Å². The summed E-state index contributed by atoms with van der Waals surface area (Å²) in [6.45, 7) is 2.93. The highest BCUT2D eigenvalue weighted by Crippen LogP contribution is 2.04. The molecule has 0 radical (unpaired) electrons. The van der Waals surface area contributed by atoms with Crippen LogP contribution in [0.4, 0.5) is 15.3 Å². The molecule has 1 heterocycles. The molecule has 1 saturated heterocycles. The van der Waals surface area contributed by atoms with Gasteiger partial charge in [-0.1, -0.05) is 18.2 Å². The summed E-state index contributed by atoms with van der Waals surface area (Å²) in [5.41, 5.74) is 0.658. The van der Waals surface area contributed by atoms with Crippen molar-refractivity contribution < 1.29 is 9.59 Å². The summed E-state index contributed by atoms with van der Waals surface area (Å²) in [6, 6.07) is 8.17. The van der Waals surface area contributed by atoms with Gasteiger partial charge < -0.3 is 15.1 Å². The maximum atomic E-state index is 11.8. The second-order valence-corrected chi connectivity index (χ2v) is 4.54. The molecule has 1 aliphatic heterocycles. The van der Waals surface area contributed by atoms with Crippen LogP contribution in [0.25, 0.3) is 0 Å². The van der Waals surface area contributed by atoms with Gasteiger partial charge in [0.25, 0.3) is 0 Å². The zero-order valence-electron chi connectivity index (χ0n) is 11.3. The minimum absolute atomic E-state index is 0. The van der Waals surface area contributed by atoms with Crippen molar-refractivity contribution in [2.45, 2.75) is 0 Å². The molecular weight excluding hydrogens is 371 g/mol. The molecule has 0 aromatic heterocycles. The van der Waals surface area contributed by atoms with Crippen molar-refractivity contribution in [1.29, 1.82) is 0 Å². The Labute approximate surface area is 135 Å². The summed E-state index contributed by atoms with van der Waals surface area (Å²) in [4.78, 5) is 27.3. The van der Waals surface area contributed by atoms with Gasteiger partial charge in [-0.25, -0.2) is 9.59 Å². The number of hydrogen-bond acceptors (Lipinski definition) is 3. The summed E-state index contributed by atoms with van der Waals surface area (Å²) < 4.78 is 0. The van der Waals surface area contributed by atoms with Gasteiger partial charge in [-0.3, -0.25) is 5.32 Å². The molecule has 6 nitrogen and oxygen atoms in total. The number of urea groups is 2. The molecule has 0 bridgehead atoms. The fraction of sp³-hybridized carbons (Fsp3) is 0.385. The Kier molecular flexibility index (Phi) is 6.73. The summed E-state index contributed by atoms with van der Waals surface area (Å²) in [7, 11) is 2.01. The molecule has 20 heavy (non-hydrogen) atoms. The Morgan fingerprint density at radius 2 is 1.65 bits per heavy atom. The molecule has 2 N–H and O–H groups in total. The molecule has 1 fully saturated rings. The Morgan fingerprint density at radius 1 is 1.05 bits per heavy atom. The third kappa shape index (κ3) is 4.97. The largest absolute Gasteiger partial charge is 0.327 e. The number of imide groups is 1. The number of nitrogens with one attached hydrogen (secondary N) is 2. The van der Waals surface area contributed by atoms with E-state index in [1.54, 1.807) is 17.0 Å². The first-order valence-corrected chi connectivity index (χ1v) is 6.25. The van der Waals surface area contributed by atoms with Crippen molar-refractivity contribution in [2.75, 3.05) is 38.5 Å². The monoisotopic (exact) mass is 390 g/mol. The first-order chi connectivity index (χ1) is 9.15. The summed E-state index contributed by atoms with van der Waals surface area (Å²) in [5.74, 6) is 0. The van der Waals surface area contributed by atoms with Gasteiger partial charge in [0.1, 0.15) is 0 Å². The van der Waals surface area contributed by atoms with Crippen LogP contribution in [0.3, 0.4) is 0 Å². The lowest BCUT2D eigenvalue weighted by Crippen LogP contribution is -2.52. The van der Waals surface area contributed by atoms with E-state index in [2.05, 4.69) is 15.5 Å². The van der Waals surface area contributed by atoms with Gasteiger partial charge in [0.2, 0.25) is 0 Å². The first kappa shape index (κ1) is 16.7. The van der Waals surface area contributed by atoms with E-state index in [0.29, 0.717) is 18.8 Å². The molecule has 0 spiro atoms. The second-order valence-electron chi connectivity index (χ2n) is 4.54. The van der Waals surface area contributed by atoms with Gasteiger partial charge in [0, 0.05) is 31.9 Å². The number of anilines is 1. The normalized spacial score (nSPS) is 15.2. The predicted octanol–water partition coefficient (Wildman–Crippen LogP) is 1.79. The van der Waals surface area contributed by atoms with Crippen LogP contribution in [-0.4, -0.2) is 55.1 Å². The lowest BCUT2D eigenvalue weighted by atomic mass is 10.3. The van der Waals surface area contributed by atoms with Gasteiger partial charge in [0.15, 0.2) is 0 Å². The van der Waals surface area contributed by atoms with Crippen LogP contribution in [0.1, 0.15) is 0 Å². The molecule has 1 aliphatic rings. The number of halogens is 1. The first-order valence-electron chi connectivity index (χ1n) is 6.25. The molecule has 4 amide bonds. The van der Waals surface area contributed by atoms with E-state index in [1.807, 2.05) is 25.2 Å². The van der Waals surface area contributed by atoms with Crippen molar-refractivity contribution in [3.63, 3.8) is 0 Å². The third-order valence-corrected chi connectivity index (χ3v) is 3.04. The van der Waals surface area contributed by atoms with Crippen molar-refractivity contribution >= 4 is 41.7 Å². The Balaban J connectivity index is 0.00000200. The Bertz CT molecular complexity index is 447. The van der Waals surface area contributed by atoms with Crippen LogP contribution in [-0.2, 0) is 0 Å². The van der Waals surface area contributed by atoms with Gasteiger partial charge in [-0.2, -0.15) is 0 Å². The molecule has 0 saturated carbocycles. The van der Waals surface area contributed by atoms with Crippen LogP contribution >= 0.6 is 24.0 Å². The van der Waals surface area contributed by atoms with E-state index in [1.165, 1.54) is 0 Å². The number of piperazine rings is 1. The number of nitrogens with zero attached hydrogens (tertiary/aromatic N) is 2. The van der Waals surface area contributed by atoms with Crippen LogP contribution in [0.5, 0.6) is 0 Å². The van der Waals surface area contributed by atoms with Gasteiger partial charge in [-0.05, 0) is 19.2 Å². The number of likely N-dealkylation sites (N-methyl/N-ethyl adjacent to an activating group) is 1. The molecular formula is C13H19IN4O2. The maximum absolute atomic E-state index is 11.8. The van der Waals surface area contributed by atoms with Crippen molar-refractivity contribution in [2.24, 2.45) is 0 Å². The van der Waals surface area contributed by atoms with Gasteiger partial charge in [0.05, 0.1) is 0 Å². The van der Waals surface area contributed by atoms with Gasteiger partial charge in [-0.15, -0.1) is 24.0 Å². The quantitative estimate of drug-likeness (QED) is 0.719. The zero-order valence-corrected chi connectivity index (χ0v) is 13.7. The molecule has 0 atom stereocenters. The summed E-state index contributed by atoms with van der Waals surface area (Å²) in [6.07, 6.45) is 0. The van der Waals surface area contributed by atoms with E-state index >= 15 is 0 Å².